The summed E-state index contributed by atoms with van der Waals surface area (Å²) in [5.41, 5.74) is 0.574. The number of aromatic hydroxyl groups is 1. The Morgan fingerprint density at radius 1 is 1.14 bits per heavy atom. The van der Waals surface area contributed by atoms with Crippen molar-refractivity contribution in [1.82, 2.24) is 0 Å². The van der Waals surface area contributed by atoms with E-state index in [1.54, 1.807) is 0 Å². The van der Waals surface area contributed by atoms with Gasteiger partial charge in [0.25, 0.3) is 0 Å². The van der Waals surface area contributed by atoms with Gasteiger partial charge >= 0.3 is 0 Å². The summed E-state index contributed by atoms with van der Waals surface area (Å²) in [7, 11) is 0. The SMILES string of the molecule is CCC1CCC(C2CCc3cc(O)c(F)c(F)c3O2)CC1. The third-order valence-electron chi connectivity index (χ3n) is 5.18. The van der Waals surface area contributed by atoms with Crippen molar-refractivity contribution in [3.8, 4) is 11.5 Å². The molecule has 1 aliphatic heterocycles. The van der Waals surface area contributed by atoms with Crippen LogP contribution in [-0.2, 0) is 6.42 Å². The van der Waals surface area contributed by atoms with Gasteiger partial charge in [-0.2, -0.15) is 8.78 Å². The fourth-order valence-corrected chi connectivity index (χ4v) is 3.77. The van der Waals surface area contributed by atoms with Crippen LogP contribution in [0.4, 0.5) is 8.78 Å². The second-order valence-electron chi connectivity index (χ2n) is 6.40. The average Bonchev–Trinajstić information content (AvgIpc) is 2.53. The van der Waals surface area contributed by atoms with Crippen LogP contribution in [0, 0.1) is 23.5 Å². The van der Waals surface area contributed by atoms with E-state index in [1.807, 2.05) is 0 Å². The highest BCUT2D eigenvalue weighted by Crippen LogP contribution is 2.41. The first-order valence-corrected chi connectivity index (χ1v) is 7.96. The van der Waals surface area contributed by atoms with Crippen molar-refractivity contribution in [2.24, 2.45) is 11.8 Å². The van der Waals surface area contributed by atoms with E-state index < -0.39 is 17.4 Å². The summed E-state index contributed by atoms with van der Waals surface area (Å²) in [6.45, 7) is 2.23. The molecule has 21 heavy (non-hydrogen) atoms. The third-order valence-corrected chi connectivity index (χ3v) is 5.18. The first kappa shape index (κ1) is 14.6. The third kappa shape index (κ3) is 2.72. The summed E-state index contributed by atoms with van der Waals surface area (Å²) in [4.78, 5) is 0. The van der Waals surface area contributed by atoms with Crippen LogP contribution in [0.1, 0.15) is 51.0 Å². The van der Waals surface area contributed by atoms with E-state index in [2.05, 4.69) is 6.92 Å². The molecule has 0 radical (unpaired) electrons. The molecular weight excluding hydrogens is 274 g/mol. The quantitative estimate of drug-likeness (QED) is 0.865. The molecule has 1 unspecified atom stereocenters. The molecule has 0 amide bonds. The minimum Gasteiger partial charge on any atom is -0.505 e. The molecule has 0 spiro atoms. The van der Waals surface area contributed by atoms with Gasteiger partial charge in [0.15, 0.2) is 11.5 Å². The average molecular weight is 296 g/mol. The van der Waals surface area contributed by atoms with Crippen LogP contribution in [0.3, 0.4) is 0 Å². The molecule has 1 atom stereocenters. The van der Waals surface area contributed by atoms with E-state index in [0.717, 1.165) is 25.2 Å². The van der Waals surface area contributed by atoms with Crippen molar-refractivity contribution >= 4 is 0 Å². The molecule has 1 aliphatic carbocycles. The lowest BCUT2D eigenvalue weighted by Crippen LogP contribution is -2.34. The lowest BCUT2D eigenvalue weighted by molar-refractivity contribution is 0.0714. The number of fused-ring (bicyclic) bond motifs is 1. The van der Waals surface area contributed by atoms with Crippen LogP contribution < -0.4 is 4.74 Å². The summed E-state index contributed by atoms with van der Waals surface area (Å²) < 4.78 is 33.2. The number of aryl methyl sites for hydroxylation is 1. The first-order chi connectivity index (χ1) is 10.1. The van der Waals surface area contributed by atoms with Crippen molar-refractivity contribution in [3.63, 3.8) is 0 Å². The van der Waals surface area contributed by atoms with Crippen molar-refractivity contribution in [2.45, 2.75) is 58.0 Å². The fraction of sp³-hybridized carbons (Fsp3) is 0.647. The van der Waals surface area contributed by atoms with E-state index in [4.69, 9.17) is 4.74 Å². The predicted molar refractivity (Wildman–Crippen MR) is 76.5 cm³/mol. The zero-order chi connectivity index (χ0) is 15.0. The maximum Gasteiger partial charge on any atom is 0.204 e. The molecule has 0 aromatic heterocycles. The Balaban J connectivity index is 1.74. The van der Waals surface area contributed by atoms with Crippen molar-refractivity contribution in [1.29, 1.82) is 0 Å². The molecular formula is C17H22F2O2. The zero-order valence-electron chi connectivity index (χ0n) is 12.4. The molecule has 1 aromatic rings. The van der Waals surface area contributed by atoms with E-state index >= 15 is 0 Å². The van der Waals surface area contributed by atoms with E-state index in [9.17, 15) is 13.9 Å². The lowest BCUT2D eigenvalue weighted by Gasteiger charge is -2.36. The highest BCUT2D eigenvalue weighted by Gasteiger charge is 2.33. The number of hydrogen-bond acceptors (Lipinski definition) is 2. The molecule has 2 aliphatic rings. The normalized spacial score (nSPS) is 28.8. The molecule has 1 heterocycles. The minimum absolute atomic E-state index is 0.0131. The first-order valence-electron chi connectivity index (χ1n) is 7.96. The molecule has 1 N–H and O–H groups in total. The van der Waals surface area contributed by atoms with Crippen LogP contribution in [0.15, 0.2) is 6.07 Å². The molecule has 0 bridgehead atoms. The van der Waals surface area contributed by atoms with Crippen molar-refractivity contribution < 1.29 is 18.6 Å². The van der Waals surface area contributed by atoms with Gasteiger partial charge in [-0.15, -0.1) is 0 Å². The van der Waals surface area contributed by atoms with Gasteiger partial charge in [0.05, 0.1) is 0 Å². The molecule has 1 aromatic carbocycles. The van der Waals surface area contributed by atoms with Gasteiger partial charge in [0, 0.05) is 5.56 Å². The zero-order valence-corrected chi connectivity index (χ0v) is 12.4. The minimum atomic E-state index is -1.20. The Morgan fingerprint density at radius 2 is 1.86 bits per heavy atom. The predicted octanol–water partition coefficient (Wildman–Crippen LogP) is 4.58. The molecule has 3 rings (SSSR count). The van der Waals surface area contributed by atoms with Crippen LogP contribution in [0.25, 0.3) is 0 Å². The van der Waals surface area contributed by atoms with Gasteiger partial charge in [-0.1, -0.05) is 26.2 Å². The Hall–Kier alpha value is -1.32. The highest BCUT2D eigenvalue weighted by atomic mass is 19.2. The largest absolute Gasteiger partial charge is 0.505 e. The fourth-order valence-electron chi connectivity index (χ4n) is 3.77. The Morgan fingerprint density at radius 3 is 2.52 bits per heavy atom. The molecule has 116 valence electrons. The Bertz CT molecular complexity index is 522. The van der Waals surface area contributed by atoms with Gasteiger partial charge in [-0.3, -0.25) is 0 Å². The van der Waals surface area contributed by atoms with Gasteiger partial charge in [-0.25, -0.2) is 0 Å². The summed E-state index contributed by atoms with van der Waals surface area (Å²) in [6, 6.07) is 1.29. The number of phenols is 1. The molecule has 2 nitrogen and oxygen atoms in total. The van der Waals surface area contributed by atoms with Crippen LogP contribution >= 0.6 is 0 Å². The van der Waals surface area contributed by atoms with Crippen molar-refractivity contribution in [2.75, 3.05) is 0 Å². The molecule has 1 saturated carbocycles. The summed E-state index contributed by atoms with van der Waals surface area (Å²) in [5, 5.41) is 9.36. The summed E-state index contributed by atoms with van der Waals surface area (Å²) >= 11 is 0. The number of phenolic OH excluding ortho intramolecular Hbond substituents is 1. The number of benzene rings is 1. The number of ether oxygens (including phenoxy) is 1. The Kier molecular flexibility index (Phi) is 4.05. The summed E-state index contributed by atoms with van der Waals surface area (Å²) in [6.07, 6.45) is 7.30. The monoisotopic (exact) mass is 296 g/mol. The van der Waals surface area contributed by atoms with Gasteiger partial charge in [-0.05, 0) is 43.6 Å². The van der Waals surface area contributed by atoms with Gasteiger partial charge < -0.3 is 9.84 Å². The summed E-state index contributed by atoms with van der Waals surface area (Å²) in [5.74, 6) is -1.61. The van der Waals surface area contributed by atoms with Gasteiger partial charge in [0.1, 0.15) is 6.10 Å². The lowest BCUT2D eigenvalue weighted by atomic mass is 9.77. The van der Waals surface area contributed by atoms with Crippen LogP contribution in [0.2, 0.25) is 0 Å². The number of halogens is 2. The van der Waals surface area contributed by atoms with E-state index in [0.29, 0.717) is 17.9 Å². The van der Waals surface area contributed by atoms with Gasteiger partial charge in [0.2, 0.25) is 11.6 Å². The van der Waals surface area contributed by atoms with E-state index in [1.165, 1.54) is 25.3 Å². The number of rotatable bonds is 2. The van der Waals surface area contributed by atoms with Crippen LogP contribution in [-0.4, -0.2) is 11.2 Å². The second-order valence-corrected chi connectivity index (χ2v) is 6.40. The molecule has 4 heteroatoms. The maximum absolute atomic E-state index is 13.9. The molecule has 1 fully saturated rings. The standard InChI is InChI=1S/C17H22F2O2/c1-2-10-3-5-11(6-4-10)14-8-7-12-9-13(20)15(18)16(19)17(12)21-14/h9-11,14,20H,2-8H2,1H3. The van der Waals surface area contributed by atoms with Crippen molar-refractivity contribution in [3.05, 3.63) is 23.3 Å². The second kappa shape index (κ2) is 5.82. The highest BCUT2D eigenvalue weighted by molar-refractivity contribution is 5.43. The smallest absolute Gasteiger partial charge is 0.204 e. The number of hydrogen-bond donors (Lipinski definition) is 1. The topological polar surface area (TPSA) is 29.5 Å². The Labute approximate surface area is 124 Å². The van der Waals surface area contributed by atoms with Crippen LogP contribution in [0.5, 0.6) is 11.5 Å². The van der Waals surface area contributed by atoms with E-state index in [-0.39, 0.29) is 11.9 Å². The maximum atomic E-state index is 13.9. The molecule has 0 saturated heterocycles.